The van der Waals surface area contributed by atoms with Crippen LogP contribution in [0.3, 0.4) is 0 Å². The molecule has 0 aliphatic rings. The number of aliphatic hydroxyl groups is 1. The highest BCUT2D eigenvalue weighted by atomic mass is 19.2. The predicted octanol–water partition coefficient (Wildman–Crippen LogP) is 3.33. The molecule has 0 radical (unpaired) electrons. The fourth-order valence-electron chi connectivity index (χ4n) is 1.67. The number of nitrogens with zero attached hydrogens (tertiary/aromatic N) is 2. The molecule has 0 aliphatic heterocycles. The second-order valence-electron chi connectivity index (χ2n) is 4.34. The Kier molecular flexibility index (Phi) is 5.35. The van der Waals surface area contributed by atoms with Gasteiger partial charge >= 0.3 is 5.97 Å². The number of rotatable bonds is 5. The van der Waals surface area contributed by atoms with Crippen molar-refractivity contribution in [2.75, 3.05) is 6.61 Å². The van der Waals surface area contributed by atoms with E-state index in [1.165, 1.54) is 19.3 Å². The summed E-state index contributed by atoms with van der Waals surface area (Å²) in [5.74, 6) is -6.02. The number of benzene rings is 1. The number of esters is 1. The van der Waals surface area contributed by atoms with E-state index < -0.39 is 40.3 Å². The summed E-state index contributed by atoms with van der Waals surface area (Å²) < 4.78 is 49.3. The van der Waals surface area contributed by atoms with Crippen LogP contribution >= 0.6 is 0 Å². The molecule has 0 amide bonds. The van der Waals surface area contributed by atoms with E-state index in [-0.39, 0.29) is 18.5 Å². The number of aliphatic hydroxyl groups excluding tert-OH is 1. The van der Waals surface area contributed by atoms with E-state index in [4.69, 9.17) is 4.74 Å². The number of aromatic nitrogens is 1. The molecular formula is C15H11F3N2O4. The van der Waals surface area contributed by atoms with Gasteiger partial charge in [-0.1, -0.05) is 5.16 Å². The number of aliphatic imine (C=N–C) groups is 1. The summed E-state index contributed by atoms with van der Waals surface area (Å²) in [6.45, 7) is 1.48. The molecule has 1 N–H and O–H groups in total. The maximum atomic E-state index is 13.8. The van der Waals surface area contributed by atoms with Crippen molar-refractivity contribution in [3.8, 4) is 0 Å². The molecule has 9 heteroatoms. The molecule has 0 atom stereocenters. The molecule has 0 aliphatic carbocycles. The van der Waals surface area contributed by atoms with Crippen LogP contribution in [0.25, 0.3) is 5.76 Å². The van der Waals surface area contributed by atoms with Crippen molar-refractivity contribution in [2.24, 2.45) is 4.99 Å². The molecule has 2 rings (SSSR count). The van der Waals surface area contributed by atoms with Gasteiger partial charge in [0, 0.05) is 18.3 Å². The minimum atomic E-state index is -1.43. The first-order chi connectivity index (χ1) is 11.4. The summed E-state index contributed by atoms with van der Waals surface area (Å²) in [5, 5.41) is 13.6. The van der Waals surface area contributed by atoms with Gasteiger partial charge in [-0.05, 0) is 13.0 Å². The molecule has 1 aromatic heterocycles. The number of ether oxygens (including phenoxy) is 1. The van der Waals surface area contributed by atoms with Gasteiger partial charge in [0.1, 0.15) is 23.4 Å². The Morgan fingerprint density at radius 2 is 2.04 bits per heavy atom. The maximum Gasteiger partial charge on any atom is 0.343 e. The third-order valence-corrected chi connectivity index (χ3v) is 2.77. The lowest BCUT2D eigenvalue weighted by Gasteiger charge is -2.08. The monoisotopic (exact) mass is 340 g/mol. The Hall–Kier alpha value is -3.10. The van der Waals surface area contributed by atoms with Crippen LogP contribution < -0.4 is 0 Å². The van der Waals surface area contributed by atoms with E-state index in [0.29, 0.717) is 6.07 Å². The molecule has 2 aromatic rings. The minimum Gasteiger partial charge on any atom is -0.506 e. The first-order valence-electron chi connectivity index (χ1n) is 6.63. The fraction of sp³-hybridized carbons (Fsp3) is 0.133. The van der Waals surface area contributed by atoms with Crippen molar-refractivity contribution < 1.29 is 32.3 Å². The Morgan fingerprint density at radius 1 is 1.33 bits per heavy atom. The molecule has 0 spiro atoms. The van der Waals surface area contributed by atoms with Gasteiger partial charge in [0.05, 0.1) is 12.2 Å². The van der Waals surface area contributed by atoms with Gasteiger partial charge in [-0.2, -0.15) is 0 Å². The molecule has 1 heterocycles. The summed E-state index contributed by atoms with van der Waals surface area (Å²) in [6.07, 6.45) is 2.07. The van der Waals surface area contributed by atoms with Crippen molar-refractivity contribution in [3.05, 3.63) is 53.1 Å². The average molecular weight is 340 g/mol. The summed E-state index contributed by atoms with van der Waals surface area (Å²) in [5.41, 5.74) is -1.28. The lowest BCUT2D eigenvalue weighted by Crippen LogP contribution is -2.12. The molecule has 0 unspecified atom stereocenters. The molecule has 0 fully saturated rings. The molecule has 24 heavy (non-hydrogen) atoms. The zero-order valence-corrected chi connectivity index (χ0v) is 12.3. The summed E-state index contributed by atoms with van der Waals surface area (Å²) >= 11 is 0. The van der Waals surface area contributed by atoms with Gasteiger partial charge in [-0.15, -0.1) is 0 Å². The van der Waals surface area contributed by atoms with E-state index in [1.807, 2.05) is 0 Å². The number of hydrogen-bond donors (Lipinski definition) is 1. The topological polar surface area (TPSA) is 84.9 Å². The smallest absolute Gasteiger partial charge is 0.343 e. The SMILES string of the molecule is CCOC(=O)C(C=Nc1ccon1)=C(O)c1cc(F)c(F)cc1F. The maximum absolute atomic E-state index is 13.8. The van der Waals surface area contributed by atoms with Gasteiger partial charge in [-0.3, -0.25) is 0 Å². The van der Waals surface area contributed by atoms with Crippen LogP contribution in [0.15, 0.2) is 39.6 Å². The normalized spacial score (nSPS) is 12.3. The average Bonchev–Trinajstić information content (AvgIpc) is 3.04. The highest BCUT2D eigenvalue weighted by Crippen LogP contribution is 2.23. The number of halogens is 3. The number of carbonyl (C=O) groups is 1. The summed E-state index contributed by atoms with van der Waals surface area (Å²) in [4.78, 5) is 15.7. The highest BCUT2D eigenvalue weighted by molar-refractivity contribution is 6.15. The first kappa shape index (κ1) is 17.3. The second-order valence-corrected chi connectivity index (χ2v) is 4.34. The molecule has 1 aromatic carbocycles. The van der Waals surface area contributed by atoms with Crippen LogP contribution in [0.1, 0.15) is 12.5 Å². The van der Waals surface area contributed by atoms with Crippen LogP contribution in [0.5, 0.6) is 0 Å². The lowest BCUT2D eigenvalue weighted by molar-refractivity contribution is -0.137. The second kappa shape index (κ2) is 7.44. The summed E-state index contributed by atoms with van der Waals surface area (Å²) in [7, 11) is 0. The van der Waals surface area contributed by atoms with Crippen molar-refractivity contribution in [1.29, 1.82) is 0 Å². The molecule has 0 bridgehead atoms. The zero-order chi connectivity index (χ0) is 17.7. The third-order valence-electron chi connectivity index (χ3n) is 2.77. The van der Waals surface area contributed by atoms with E-state index in [1.54, 1.807) is 0 Å². The molecule has 6 nitrogen and oxygen atoms in total. The van der Waals surface area contributed by atoms with Crippen LogP contribution in [0, 0.1) is 17.5 Å². The Labute approximate surface area is 133 Å². The number of hydrogen-bond acceptors (Lipinski definition) is 6. The van der Waals surface area contributed by atoms with Crippen molar-refractivity contribution in [3.63, 3.8) is 0 Å². The van der Waals surface area contributed by atoms with Gasteiger partial charge in [-0.25, -0.2) is 23.0 Å². The lowest BCUT2D eigenvalue weighted by atomic mass is 10.1. The first-order valence-corrected chi connectivity index (χ1v) is 6.63. The van der Waals surface area contributed by atoms with Gasteiger partial charge in [0.25, 0.3) is 0 Å². The minimum absolute atomic E-state index is 0.0341. The van der Waals surface area contributed by atoms with Gasteiger partial charge in [0.2, 0.25) is 0 Å². The van der Waals surface area contributed by atoms with Crippen LogP contribution in [-0.4, -0.2) is 29.1 Å². The summed E-state index contributed by atoms with van der Waals surface area (Å²) in [6, 6.07) is 2.02. The molecule has 0 saturated heterocycles. The van der Waals surface area contributed by atoms with E-state index in [0.717, 1.165) is 6.21 Å². The Morgan fingerprint density at radius 3 is 2.67 bits per heavy atom. The van der Waals surface area contributed by atoms with Gasteiger partial charge < -0.3 is 14.4 Å². The fourth-order valence-corrected chi connectivity index (χ4v) is 1.67. The molecule has 0 saturated carbocycles. The quantitative estimate of drug-likeness (QED) is 0.297. The van der Waals surface area contributed by atoms with Crippen molar-refractivity contribution in [1.82, 2.24) is 5.16 Å². The zero-order valence-electron chi connectivity index (χ0n) is 12.3. The molecular weight excluding hydrogens is 329 g/mol. The Bertz CT molecular complexity index is 801. The highest BCUT2D eigenvalue weighted by Gasteiger charge is 2.21. The van der Waals surface area contributed by atoms with E-state index >= 15 is 0 Å². The number of carbonyl (C=O) groups excluding carboxylic acids is 1. The van der Waals surface area contributed by atoms with Crippen LogP contribution in [0.2, 0.25) is 0 Å². The van der Waals surface area contributed by atoms with Crippen LogP contribution in [-0.2, 0) is 9.53 Å². The largest absolute Gasteiger partial charge is 0.506 e. The predicted molar refractivity (Wildman–Crippen MR) is 77.2 cm³/mol. The molecule has 126 valence electrons. The third kappa shape index (κ3) is 3.80. The standard InChI is InChI=1S/C15H11F3N2O4/c1-2-23-15(22)9(7-19-13-3-4-24-20-13)14(21)8-5-11(17)12(18)6-10(8)16/h3-7,21H,2H2,1H3. The van der Waals surface area contributed by atoms with Crippen LogP contribution in [0.4, 0.5) is 19.0 Å². The van der Waals surface area contributed by atoms with Crippen molar-refractivity contribution in [2.45, 2.75) is 6.92 Å². The van der Waals surface area contributed by atoms with E-state index in [2.05, 4.69) is 14.7 Å². The Balaban J connectivity index is 2.53. The van der Waals surface area contributed by atoms with Gasteiger partial charge in [0.15, 0.2) is 17.5 Å². The van der Waals surface area contributed by atoms with Crippen molar-refractivity contribution >= 4 is 23.8 Å². The van der Waals surface area contributed by atoms with E-state index in [9.17, 15) is 23.1 Å².